The zero-order valence-electron chi connectivity index (χ0n) is 27.7. The van der Waals surface area contributed by atoms with Gasteiger partial charge in [-0.15, -0.1) is 0 Å². The van der Waals surface area contributed by atoms with Crippen LogP contribution in [0, 0.1) is 0 Å². The van der Waals surface area contributed by atoms with E-state index in [9.17, 15) is 9.90 Å². The van der Waals surface area contributed by atoms with Crippen LogP contribution in [-0.2, 0) is 11.0 Å². The highest BCUT2D eigenvalue weighted by atomic mass is 28.4. The number of nitrogen functional groups attached to an aromatic ring is 1. The van der Waals surface area contributed by atoms with Crippen molar-refractivity contribution < 1.29 is 19.1 Å². The predicted octanol–water partition coefficient (Wildman–Crippen LogP) is 5.71. The molecule has 1 atom stereocenters. The molecule has 5 aromatic rings. The number of hydrogen-bond donors (Lipinski definition) is 3. The average molecular weight is 653 g/mol. The number of aromatic nitrogens is 4. The van der Waals surface area contributed by atoms with Crippen LogP contribution in [0.25, 0.3) is 11.0 Å². The Morgan fingerprint density at radius 2 is 1.66 bits per heavy atom. The first-order valence-electron chi connectivity index (χ1n) is 16.0. The third-order valence-corrected chi connectivity index (χ3v) is 13.6. The summed E-state index contributed by atoms with van der Waals surface area (Å²) >= 11 is 0. The molecule has 0 aliphatic carbocycles. The van der Waals surface area contributed by atoms with Crippen LogP contribution in [0.2, 0.25) is 5.04 Å². The van der Waals surface area contributed by atoms with Gasteiger partial charge in [-0.2, -0.15) is 10.1 Å². The molecule has 2 aromatic heterocycles. The smallest absolute Gasteiger partial charge is 0.335 e. The van der Waals surface area contributed by atoms with Crippen molar-refractivity contribution in [3.8, 4) is 5.75 Å². The summed E-state index contributed by atoms with van der Waals surface area (Å²) in [6.45, 7) is 9.90. The van der Waals surface area contributed by atoms with Gasteiger partial charge >= 0.3 is 5.97 Å². The van der Waals surface area contributed by atoms with Gasteiger partial charge in [-0.05, 0) is 40.4 Å². The molecule has 246 valence electrons. The number of anilines is 2. The summed E-state index contributed by atoms with van der Waals surface area (Å²) in [5, 5.41) is 20.1. The molecular weight excluding hydrogens is 609 g/mol. The summed E-state index contributed by atoms with van der Waals surface area (Å²) in [5.41, 5.74) is 8.41. The van der Waals surface area contributed by atoms with E-state index in [2.05, 4.69) is 109 Å². The number of carbonyl (C=O) groups is 1. The summed E-state index contributed by atoms with van der Waals surface area (Å²) in [7, 11) is -1.16. The molecule has 5 rings (SSSR count). The van der Waals surface area contributed by atoms with Crippen LogP contribution in [0.15, 0.2) is 85.1 Å². The predicted molar refractivity (Wildman–Crippen MR) is 189 cm³/mol. The van der Waals surface area contributed by atoms with Crippen LogP contribution in [0.3, 0.4) is 0 Å². The molecule has 0 saturated heterocycles. The molecule has 3 aromatic carbocycles. The molecule has 0 spiro atoms. The largest absolute Gasteiger partial charge is 0.496 e. The fourth-order valence-corrected chi connectivity index (χ4v) is 10.9. The van der Waals surface area contributed by atoms with E-state index in [1.165, 1.54) is 23.5 Å². The fraction of sp³-hybridized carbons (Fsp3) is 0.333. The fourth-order valence-electron chi connectivity index (χ4n) is 6.35. The Morgan fingerprint density at radius 1 is 1.00 bits per heavy atom. The van der Waals surface area contributed by atoms with Crippen molar-refractivity contribution in [1.29, 1.82) is 0 Å². The quantitative estimate of drug-likeness (QED) is 0.129. The number of aromatic carboxylic acids is 1. The van der Waals surface area contributed by atoms with E-state index < -0.39 is 14.3 Å². The average Bonchev–Trinajstić information content (AvgIpc) is 3.45. The second-order valence-electron chi connectivity index (χ2n) is 12.7. The monoisotopic (exact) mass is 652 g/mol. The molecule has 47 heavy (non-hydrogen) atoms. The van der Waals surface area contributed by atoms with Crippen molar-refractivity contribution >= 4 is 47.5 Å². The Bertz CT molecular complexity index is 1770. The van der Waals surface area contributed by atoms with E-state index in [1.54, 1.807) is 23.0 Å². The van der Waals surface area contributed by atoms with Crippen LogP contribution in [0.1, 0.15) is 62.9 Å². The molecule has 0 amide bonds. The lowest BCUT2D eigenvalue weighted by Gasteiger charge is -2.43. The third-order valence-electron chi connectivity index (χ3n) is 8.54. The Kier molecular flexibility index (Phi) is 10.3. The molecule has 0 unspecified atom stereocenters. The van der Waals surface area contributed by atoms with E-state index in [0.29, 0.717) is 35.8 Å². The van der Waals surface area contributed by atoms with Crippen molar-refractivity contribution in [1.82, 2.24) is 19.7 Å². The minimum atomic E-state index is -2.68. The molecular formula is C36H44N6O4Si. The summed E-state index contributed by atoms with van der Waals surface area (Å²) in [5.74, 6) is 0.191. The summed E-state index contributed by atoms with van der Waals surface area (Å²) in [6, 6.07) is 26.2. The van der Waals surface area contributed by atoms with E-state index in [0.717, 1.165) is 24.8 Å². The molecule has 0 fully saturated rings. The summed E-state index contributed by atoms with van der Waals surface area (Å²) in [6.07, 6.45) is 4.28. The van der Waals surface area contributed by atoms with E-state index in [4.69, 9.17) is 14.9 Å². The van der Waals surface area contributed by atoms with Gasteiger partial charge in [0.05, 0.1) is 25.4 Å². The summed E-state index contributed by atoms with van der Waals surface area (Å²) in [4.78, 5) is 20.6. The second-order valence-corrected chi connectivity index (χ2v) is 17.0. The van der Waals surface area contributed by atoms with Crippen molar-refractivity contribution in [2.75, 3.05) is 24.8 Å². The zero-order valence-corrected chi connectivity index (χ0v) is 28.7. The van der Waals surface area contributed by atoms with Crippen LogP contribution in [0.5, 0.6) is 5.75 Å². The first kappa shape index (κ1) is 33.6. The first-order chi connectivity index (χ1) is 22.6. The standard InChI is InChI=1S/C36H44N6O4Si/c1-6-13-27(20-21-46-47(36(2,3)4,28-14-9-7-10-15-28)29-16-11-8-12-17-29)39-33-32-30(40-35(37)41-33)23-38-42(32)24-26-19-18-25(34(43)44)22-31(26)45-5/h7-12,14-19,22-23,27H,6,13,20-21,24H2,1-5H3,(H,43,44)(H3,37,39,40,41)/t27-/m0/s1. The lowest BCUT2D eigenvalue weighted by atomic mass is 10.1. The maximum atomic E-state index is 11.5. The number of nitrogens with zero attached hydrogens (tertiary/aromatic N) is 4. The maximum absolute atomic E-state index is 11.5. The molecule has 2 heterocycles. The molecule has 0 saturated carbocycles. The molecule has 4 N–H and O–H groups in total. The molecule has 10 nitrogen and oxygen atoms in total. The Morgan fingerprint density at radius 3 is 2.23 bits per heavy atom. The highest BCUT2D eigenvalue weighted by molar-refractivity contribution is 6.99. The van der Waals surface area contributed by atoms with Gasteiger partial charge in [0.1, 0.15) is 16.8 Å². The number of nitrogens with one attached hydrogen (secondary N) is 1. The minimum Gasteiger partial charge on any atom is -0.496 e. The number of benzene rings is 3. The Labute approximate surface area is 277 Å². The van der Waals surface area contributed by atoms with Gasteiger partial charge in [0.2, 0.25) is 5.95 Å². The molecule has 11 heteroatoms. The summed E-state index contributed by atoms with van der Waals surface area (Å²) < 4.78 is 14.5. The van der Waals surface area contributed by atoms with E-state index >= 15 is 0 Å². The lowest BCUT2D eigenvalue weighted by Crippen LogP contribution is -2.66. The minimum absolute atomic E-state index is 0.0449. The van der Waals surface area contributed by atoms with Crippen LogP contribution in [0.4, 0.5) is 11.8 Å². The Balaban J connectivity index is 1.44. The van der Waals surface area contributed by atoms with Gasteiger partial charge < -0.3 is 25.3 Å². The number of carboxylic acids is 1. The van der Waals surface area contributed by atoms with Crippen molar-refractivity contribution in [2.24, 2.45) is 0 Å². The number of rotatable bonds is 14. The van der Waals surface area contributed by atoms with Gasteiger partial charge in [-0.25, -0.2) is 9.78 Å². The topological polar surface area (TPSA) is 137 Å². The second kappa shape index (κ2) is 14.4. The van der Waals surface area contributed by atoms with Gasteiger partial charge in [0.15, 0.2) is 5.82 Å². The number of methoxy groups -OCH3 is 1. The van der Waals surface area contributed by atoms with Crippen LogP contribution in [-0.4, -0.2) is 58.9 Å². The molecule has 0 bridgehead atoms. The Hall–Kier alpha value is -4.74. The van der Waals surface area contributed by atoms with Crippen molar-refractivity contribution in [3.05, 3.63) is 96.2 Å². The highest BCUT2D eigenvalue weighted by Crippen LogP contribution is 2.37. The zero-order chi connectivity index (χ0) is 33.6. The molecule has 0 radical (unpaired) electrons. The van der Waals surface area contributed by atoms with Gasteiger partial charge in [0, 0.05) is 18.2 Å². The van der Waals surface area contributed by atoms with Gasteiger partial charge in [-0.3, -0.25) is 4.68 Å². The normalized spacial score (nSPS) is 12.6. The van der Waals surface area contributed by atoms with Crippen molar-refractivity contribution in [2.45, 2.75) is 64.6 Å². The van der Waals surface area contributed by atoms with Gasteiger partial charge in [-0.1, -0.05) is 101 Å². The lowest BCUT2D eigenvalue weighted by molar-refractivity contribution is 0.0696. The SMILES string of the molecule is CCC[C@@H](CCO[Si](c1ccccc1)(c1ccccc1)C(C)(C)C)Nc1nc(N)nc2cnn(Cc3ccc(C(=O)O)cc3OC)c12. The number of nitrogens with two attached hydrogens (primary N) is 1. The van der Waals surface area contributed by atoms with Crippen LogP contribution >= 0.6 is 0 Å². The number of fused-ring (bicyclic) bond motifs is 1. The van der Waals surface area contributed by atoms with Crippen molar-refractivity contribution in [3.63, 3.8) is 0 Å². The highest BCUT2D eigenvalue weighted by Gasteiger charge is 2.50. The molecule has 0 aliphatic rings. The van der Waals surface area contributed by atoms with E-state index in [-0.39, 0.29) is 22.6 Å². The number of hydrogen-bond acceptors (Lipinski definition) is 8. The number of carboxylic acid groups (broad SMARTS) is 1. The number of ether oxygens (including phenoxy) is 1. The van der Waals surface area contributed by atoms with Gasteiger partial charge in [0.25, 0.3) is 8.32 Å². The molecule has 0 aliphatic heterocycles. The first-order valence-corrected chi connectivity index (χ1v) is 17.9. The third kappa shape index (κ3) is 7.16. The van der Waals surface area contributed by atoms with E-state index in [1.807, 2.05) is 0 Å². The van der Waals surface area contributed by atoms with Crippen LogP contribution < -0.4 is 26.2 Å². The maximum Gasteiger partial charge on any atom is 0.335 e.